The van der Waals surface area contributed by atoms with Gasteiger partial charge in [0.25, 0.3) is 17.3 Å². The van der Waals surface area contributed by atoms with Crippen LogP contribution in [0.1, 0.15) is 35.9 Å². The van der Waals surface area contributed by atoms with Gasteiger partial charge in [-0.15, -0.1) is 0 Å². The number of carbonyl (C=O) groups is 1. The molecule has 0 aliphatic carbocycles. The van der Waals surface area contributed by atoms with Gasteiger partial charge in [-0.1, -0.05) is 48.8 Å². The number of benzene rings is 2. The summed E-state index contributed by atoms with van der Waals surface area (Å²) in [7, 11) is 0. The first-order chi connectivity index (χ1) is 17.5. The quantitative estimate of drug-likeness (QED) is 0.277. The SMILES string of the molecule is CCCCc1nc(N2CCN(C(=O)c3ccc([N+](=O)[O-])cc3)CC2)c2c(-c3ccccc3)noc2n1. The van der Waals surface area contributed by atoms with Crippen LogP contribution >= 0.6 is 0 Å². The number of non-ortho nitro benzene ring substituents is 1. The molecule has 0 atom stereocenters. The summed E-state index contributed by atoms with van der Waals surface area (Å²) in [5, 5.41) is 16.0. The molecule has 36 heavy (non-hydrogen) atoms. The van der Waals surface area contributed by atoms with Crippen molar-refractivity contribution in [2.45, 2.75) is 26.2 Å². The molecule has 1 saturated heterocycles. The minimum Gasteiger partial charge on any atom is -0.352 e. The predicted molar refractivity (Wildman–Crippen MR) is 135 cm³/mol. The van der Waals surface area contributed by atoms with Crippen LogP contribution in [0.2, 0.25) is 0 Å². The van der Waals surface area contributed by atoms with Gasteiger partial charge < -0.3 is 14.3 Å². The second-order valence-corrected chi connectivity index (χ2v) is 8.73. The van der Waals surface area contributed by atoms with E-state index < -0.39 is 4.92 Å². The van der Waals surface area contributed by atoms with E-state index >= 15 is 0 Å². The van der Waals surface area contributed by atoms with Gasteiger partial charge in [0.2, 0.25) is 0 Å². The average molecular weight is 487 g/mol. The number of fused-ring (bicyclic) bond motifs is 1. The number of hydrogen-bond donors (Lipinski definition) is 0. The number of anilines is 1. The third kappa shape index (κ3) is 4.61. The highest BCUT2D eigenvalue weighted by Gasteiger charge is 2.27. The van der Waals surface area contributed by atoms with Gasteiger partial charge in [0.05, 0.1) is 4.92 Å². The second kappa shape index (κ2) is 10.1. The van der Waals surface area contributed by atoms with Crippen molar-refractivity contribution in [3.05, 3.63) is 76.1 Å². The highest BCUT2D eigenvalue weighted by Crippen LogP contribution is 2.34. The summed E-state index contributed by atoms with van der Waals surface area (Å²) in [5.41, 5.74) is 2.49. The summed E-state index contributed by atoms with van der Waals surface area (Å²) < 4.78 is 5.66. The molecule has 1 fully saturated rings. The van der Waals surface area contributed by atoms with E-state index in [1.807, 2.05) is 30.3 Å². The Morgan fingerprint density at radius 1 is 1.03 bits per heavy atom. The molecular formula is C26H26N6O4. The molecule has 0 saturated carbocycles. The van der Waals surface area contributed by atoms with Crippen LogP contribution in [0.3, 0.4) is 0 Å². The topological polar surface area (TPSA) is 118 Å². The number of piperazine rings is 1. The van der Waals surface area contributed by atoms with Crippen molar-refractivity contribution < 1.29 is 14.2 Å². The fourth-order valence-corrected chi connectivity index (χ4v) is 4.38. The monoisotopic (exact) mass is 486 g/mol. The van der Waals surface area contributed by atoms with E-state index in [0.717, 1.165) is 41.9 Å². The molecule has 0 N–H and O–H groups in total. The molecule has 1 aliphatic heterocycles. The normalized spacial score (nSPS) is 13.8. The standard InChI is InChI=1S/C26H26N6O4/c1-2-3-9-21-27-24(22-23(29-36-25(22)28-21)18-7-5-4-6-8-18)30-14-16-31(17-15-30)26(33)19-10-12-20(13-11-19)32(34)35/h4-8,10-13H,2-3,9,14-17H2,1H3. The summed E-state index contributed by atoms with van der Waals surface area (Å²) in [6.45, 7) is 4.28. The summed E-state index contributed by atoms with van der Waals surface area (Å²) >= 11 is 0. The van der Waals surface area contributed by atoms with Crippen molar-refractivity contribution in [2.24, 2.45) is 0 Å². The zero-order chi connectivity index (χ0) is 25.1. The maximum Gasteiger partial charge on any atom is 0.269 e. The van der Waals surface area contributed by atoms with E-state index in [9.17, 15) is 14.9 Å². The van der Waals surface area contributed by atoms with Crippen LogP contribution in [-0.2, 0) is 6.42 Å². The maximum absolute atomic E-state index is 13.0. The molecule has 2 aromatic heterocycles. The number of nitrogens with zero attached hydrogens (tertiary/aromatic N) is 6. The first-order valence-electron chi connectivity index (χ1n) is 12.1. The summed E-state index contributed by atoms with van der Waals surface area (Å²) in [6.07, 6.45) is 2.76. The largest absolute Gasteiger partial charge is 0.352 e. The molecule has 10 nitrogen and oxygen atoms in total. The van der Waals surface area contributed by atoms with E-state index in [-0.39, 0.29) is 11.6 Å². The third-order valence-corrected chi connectivity index (χ3v) is 6.36. The van der Waals surface area contributed by atoms with Gasteiger partial charge in [0.1, 0.15) is 22.7 Å². The fourth-order valence-electron chi connectivity index (χ4n) is 4.38. The van der Waals surface area contributed by atoms with Gasteiger partial charge in [-0.05, 0) is 18.6 Å². The van der Waals surface area contributed by atoms with Crippen molar-refractivity contribution in [3.8, 4) is 11.3 Å². The molecule has 1 amide bonds. The van der Waals surface area contributed by atoms with Crippen LogP contribution in [0.4, 0.5) is 11.5 Å². The Hall–Kier alpha value is -4.34. The van der Waals surface area contributed by atoms with Gasteiger partial charge in [0.15, 0.2) is 0 Å². The number of amides is 1. The predicted octanol–water partition coefficient (Wildman–Crippen LogP) is 4.50. The van der Waals surface area contributed by atoms with Crippen LogP contribution in [0.15, 0.2) is 59.1 Å². The van der Waals surface area contributed by atoms with Gasteiger partial charge >= 0.3 is 0 Å². The smallest absolute Gasteiger partial charge is 0.269 e. The molecule has 0 bridgehead atoms. The van der Waals surface area contributed by atoms with Crippen LogP contribution in [0.25, 0.3) is 22.4 Å². The Bertz CT molecular complexity index is 1380. The third-order valence-electron chi connectivity index (χ3n) is 6.36. The van der Waals surface area contributed by atoms with E-state index in [4.69, 9.17) is 9.51 Å². The maximum atomic E-state index is 13.0. The lowest BCUT2D eigenvalue weighted by atomic mass is 10.1. The average Bonchev–Trinajstić information content (AvgIpc) is 3.36. The molecule has 4 aromatic rings. The highest BCUT2D eigenvalue weighted by atomic mass is 16.6. The van der Waals surface area contributed by atoms with Crippen molar-refractivity contribution in [3.63, 3.8) is 0 Å². The van der Waals surface area contributed by atoms with Crippen molar-refractivity contribution >= 4 is 28.5 Å². The summed E-state index contributed by atoms with van der Waals surface area (Å²) in [4.78, 5) is 36.9. The molecule has 5 rings (SSSR count). The van der Waals surface area contributed by atoms with E-state index in [1.165, 1.54) is 24.3 Å². The number of nitro benzene ring substituents is 1. The zero-order valence-corrected chi connectivity index (χ0v) is 20.0. The van der Waals surface area contributed by atoms with E-state index in [0.29, 0.717) is 43.1 Å². The number of unbranched alkanes of at least 4 members (excludes halogenated alkanes) is 1. The first kappa shape index (κ1) is 23.4. The number of rotatable bonds is 7. The van der Waals surface area contributed by atoms with Crippen LogP contribution in [-0.4, -0.2) is 57.0 Å². The minimum atomic E-state index is -0.474. The Balaban J connectivity index is 1.41. The minimum absolute atomic E-state index is 0.0361. The lowest BCUT2D eigenvalue weighted by Crippen LogP contribution is -2.49. The number of hydrogen-bond acceptors (Lipinski definition) is 8. The Kier molecular flexibility index (Phi) is 6.57. The Morgan fingerprint density at radius 3 is 2.42 bits per heavy atom. The lowest BCUT2D eigenvalue weighted by molar-refractivity contribution is -0.384. The molecule has 10 heteroatoms. The highest BCUT2D eigenvalue weighted by molar-refractivity contribution is 5.98. The van der Waals surface area contributed by atoms with E-state index in [2.05, 4.69) is 22.0 Å². The molecule has 0 radical (unpaired) electrons. The van der Waals surface area contributed by atoms with E-state index in [1.54, 1.807) is 4.90 Å². The van der Waals surface area contributed by atoms with Gasteiger partial charge in [-0.25, -0.2) is 4.98 Å². The van der Waals surface area contributed by atoms with Gasteiger partial charge in [-0.2, -0.15) is 4.98 Å². The summed E-state index contributed by atoms with van der Waals surface area (Å²) in [5.74, 6) is 1.35. The molecule has 1 aliphatic rings. The fraction of sp³-hybridized carbons (Fsp3) is 0.308. The van der Waals surface area contributed by atoms with Crippen molar-refractivity contribution in [1.29, 1.82) is 0 Å². The number of nitro groups is 1. The molecule has 184 valence electrons. The van der Waals surface area contributed by atoms with Gasteiger partial charge in [0, 0.05) is 55.9 Å². The van der Waals surface area contributed by atoms with Crippen LogP contribution < -0.4 is 4.90 Å². The second-order valence-electron chi connectivity index (χ2n) is 8.73. The Labute approximate surface area is 207 Å². The lowest BCUT2D eigenvalue weighted by Gasteiger charge is -2.35. The molecule has 3 heterocycles. The van der Waals surface area contributed by atoms with Crippen LogP contribution in [0.5, 0.6) is 0 Å². The number of carbonyl (C=O) groups excluding carboxylic acids is 1. The zero-order valence-electron chi connectivity index (χ0n) is 20.0. The summed E-state index contributed by atoms with van der Waals surface area (Å²) in [6, 6.07) is 15.5. The van der Waals surface area contributed by atoms with Crippen LogP contribution in [0, 0.1) is 10.1 Å². The number of aryl methyl sites for hydroxylation is 1. The van der Waals surface area contributed by atoms with Gasteiger partial charge in [-0.3, -0.25) is 14.9 Å². The number of aromatic nitrogens is 3. The first-order valence-corrected chi connectivity index (χ1v) is 12.1. The molecule has 0 unspecified atom stereocenters. The van der Waals surface area contributed by atoms with Crippen molar-refractivity contribution in [1.82, 2.24) is 20.0 Å². The van der Waals surface area contributed by atoms with Crippen molar-refractivity contribution in [2.75, 3.05) is 31.1 Å². The Morgan fingerprint density at radius 2 is 1.75 bits per heavy atom. The molecule has 2 aromatic carbocycles. The molecular weight excluding hydrogens is 460 g/mol. The molecule has 0 spiro atoms.